The lowest BCUT2D eigenvalue weighted by atomic mass is 9.77. The van der Waals surface area contributed by atoms with Gasteiger partial charge in [-0.1, -0.05) is 78.9 Å². The van der Waals surface area contributed by atoms with Crippen LogP contribution in [0.3, 0.4) is 0 Å². The van der Waals surface area contributed by atoms with Crippen LogP contribution in [0.1, 0.15) is 37.3 Å². The summed E-state index contributed by atoms with van der Waals surface area (Å²) in [4.78, 5) is 17.5. The molecule has 0 radical (unpaired) electrons. The number of methoxy groups -OCH3 is 1. The molecule has 8 nitrogen and oxygen atoms in total. The monoisotopic (exact) mass is 607 g/mol. The van der Waals surface area contributed by atoms with E-state index in [9.17, 15) is 13.2 Å². The van der Waals surface area contributed by atoms with Crippen LogP contribution in [-0.4, -0.2) is 88.1 Å². The third-order valence-electron chi connectivity index (χ3n) is 8.47. The lowest BCUT2D eigenvalue weighted by Gasteiger charge is -2.41. The maximum atomic E-state index is 13.5. The quantitative estimate of drug-likeness (QED) is 0.244. The molecule has 1 saturated heterocycles. The van der Waals surface area contributed by atoms with Gasteiger partial charge in [0.05, 0.1) is 11.5 Å². The minimum atomic E-state index is -3.68. The first kappa shape index (κ1) is 32.7. The molecule has 1 unspecified atom stereocenters. The Kier molecular flexibility index (Phi) is 11.8. The van der Waals surface area contributed by atoms with Crippen LogP contribution in [0.4, 0.5) is 4.79 Å². The summed E-state index contributed by atoms with van der Waals surface area (Å²) in [6.07, 6.45) is 2.18. The molecule has 1 fully saturated rings. The SMILES string of the molecule is CCN(C(=O)OCc1ccccc1)C1CCN(CCC(COC)(CN(C)S(=O)(=O)c2ccccc2)c2ccccc2)CC1. The van der Waals surface area contributed by atoms with Gasteiger partial charge < -0.3 is 19.3 Å². The van der Waals surface area contributed by atoms with Gasteiger partial charge in [-0.2, -0.15) is 4.31 Å². The van der Waals surface area contributed by atoms with Gasteiger partial charge in [0, 0.05) is 51.8 Å². The third-order valence-corrected chi connectivity index (χ3v) is 10.3. The highest BCUT2D eigenvalue weighted by atomic mass is 32.2. The molecule has 0 saturated carbocycles. The van der Waals surface area contributed by atoms with Gasteiger partial charge in [-0.15, -0.1) is 0 Å². The number of carbonyl (C=O) groups excluding carboxylic acids is 1. The van der Waals surface area contributed by atoms with E-state index in [1.807, 2.05) is 66.4 Å². The molecule has 1 heterocycles. The van der Waals surface area contributed by atoms with E-state index in [2.05, 4.69) is 17.0 Å². The molecular weight excluding hydrogens is 562 g/mol. The van der Waals surface area contributed by atoms with E-state index in [1.54, 1.807) is 38.4 Å². The summed E-state index contributed by atoms with van der Waals surface area (Å²) in [7, 11) is -0.355. The van der Waals surface area contributed by atoms with Crippen molar-refractivity contribution in [3.8, 4) is 0 Å². The van der Waals surface area contributed by atoms with Crippen LogP contribution in [0.2, 0.25) is 0 Å². The molecule has 1 aliphatic rings. The third kappa shape index (κ3) is 8.44. The molecule has 0 spiro atoms. The number of piperidine rings is 1. The summed E-state index contributed by atoms with van der Waals surface area (Å²) in [6.45, 7) is 6.03. The Morgan fingerprint density at radius 3 is 2.09 bits per heavy atom. The molecule has 1 atom stereocenters. The lowest BCUT2D eigenvalue weighted by molar-refractivity contribution is 0.0582. The van der Waals surface area contributed by atoms with Gasteiger partial charge in [0.2, 0.25) is 10.0 Å². The molecule has 1 aliphatic heterocycles. The van der Waals surface area contributed by atoms with Crippen LogP contribution < -0.4 is 0 Å². The maximum absolute atomic E-state index is 13.5. The van der Waals surface area contributed by atoms with Gasteiger partial charge in [-0.05, 0) is 56.0 Å². The Bertz CT molecular complexity index is 1370. The van der Waals surface area contributed by atoms with Crippen LogP contribution in [-0.2, 0) is 31.5 Å². The van der Waals surface area contributed by atoms with Crippen molar-refractivity contribution in [2.75, 3.05) is 53.5 Å². The van der Waals surface area contributed by atoms with Crippen molar-refractivity contribution < 1.29 is 22.7 Å². The van der Waals surface area contributed by atoms with Crippen LogP contribution in [0, 0.1) is 0 Å². The first-order valence-corrected chi connectivity index (χ1v) is 16.5. The predicted molar refractivity (Wildman–Crippen MR) is 169 cm³/mol. The molecule has 0 bridgehead atoms. The number of nitrogens with zero attached hydrogens (tertiary/aromatic N) is 3. The topological polar surface area (TPSA) is 79.4 Å². The lowest BCUT2D eigenvalue weighted by Crippen LogP contribution is -2.50. The molecule has 43 heavy (non-hydrogen) atoms. The Morgan fingerprint density at radius 2 is 1.51 bits per heavy atom. The van der Waals surface area contributed by atoms with Gasteiger partial charge in [0.25, 0.3) is 0 Å². The highest BCUT2D eigenvalue weighted by Crippen LogP contribution is 2.32. The smallest absolute Gasteiger partial charge is 0.410 e. The number of likely N-dealkylation sites (N-methyl/N-ethyl adjacent to an activating group) is 1. The van der Waals surface area contributed by atoms with E-state index in [1.165, 1.54) is 4.31 Å². The largest absolute Gasteiger partial charge is 0.445 e. The molecule has 4 rings (SSSR count). The molecule has 1 amide bonds. The van der Waals surface area contributed by atoms with Gasteiger partial charge in [-0.25, -0.2) is 13.2 Å². The Labute approximate surface area is 257 Å². The van der Waals surface area contributed by atoms with E-state index >= 15 is 0 Å². The fraction of sp³-hybridized carbons (Fsp3) is 0.441. The second kappa shape index (κ2) is 15.5. The summed E-state index contributed by atoms with van der Waals surface area (Å²) >= 11 is 0. The first-order chi connectivity index (χ1) is 20.8. The number of benzene rings is 3. The number of hydrogen-bond acceptors (Lipinski definition) is 6. The van der Waals surface area contributed by atoms with Crippen LogP contribution in [0.25, 0.3) is 0 Å². The summed E-state index contributed by atoms with van der Waals surface area (Å²) in [5.41, 5.74) is 1.49. The Morgan fingerprint density at radius 1 is 0.930 bits per heavy atom. The molecule has 0 aliphatic carbocycles. The fourth-order valence-corrected chi connectivity index (χ4v) is 7.31. The summed E-state index contributed by atoms with van der Waals surface area (Å²) in [6, 6.07) is 28.5. The van der Waals surface area contributed by atoms with E-state index in [0.29, 0.717) is 13.2 Å². The van der Waals surface area contributed by atoms with Gasteiger partial charge in [0.1, 0.15) is 6.61 Å². The number of amides is 1. The van der Waals surface area contributed by atoms with Crippen molar-refractivity contribution >= 4 is 16.1 Å². The number of ether oxygens (including phenoxy) is 2. The standard InChI is InChI=1S/C34H45N3O5S/c1-4-37(33(38)42-26-29-14-8-5-9-15-29)31-20-23-36(24-21-31)25-22-34(28-41-3,30-16-10-6-11-17-30)27-35(2)43(39,40)32-18-12-7-13-19-32/h5-19,31H,4,20-28H2,1-3H3. The van der Waals surface area contributed by atoms with E-state index in [4.69, 9.17) is 9.47 Å². The molecule has 232 valence electrons. The van der Waals surface area contributed by atoms with Crippen LogP contribution in [0.15, 0.2) is 95.9 Å². The van der Waals surface area contributed by atoms with Crippen LogP contribution >= 0.6 is 0 Å². The van der Waals surface area contributed by atoms with Gasteiger partial charge in [-0.3, -0.25) is 0 Å². The zero-order chi connectivity index (χ0) is 30.7. The zero-order valence-corrected chi connectivity index (χ0v) is 26.4. The van der Waals surface area contributed by atoms with Gasteiger partial charge >= 0.3 is 6.09 Å². The number of rotatable bonds is 14. The van der Waals surface area contributed by atoms with Crippen LogP contribution in [0.5, 0.6) is 0 Å². The second-order valence-electron chi connectivity index (χ2n) is 11.3. The van der Waals surface area contributed by atoms with Crippen molar-refractivity contribution in [1.29, 1.82) is 0 Å². The zero-order valence-electron chi connectivity index (χ0n) is 25.6. The van der Waals surface area contributed by atoms with Crippen molar-refractivity contribution in [2.24, 2.45) is 0 Å². The minimum absolute atomic E-state index is 0.129. The Hall–Kier alpha value is -3.24. The van der Waals surface area contributed by atoms with Gasteiger partial charge in [0.15, 0.2) is 0 Å². The summed E-state index contributed by atoms with van der Waals surface area (Å²) < 4.78 is 39.8. The molecule has 9 heteroatoms. The maximum Gasteiger partial charge on any atom is 0.410 e. The molecule has 0 N–H and O–H groups in total. The predicted octanol–water partition coefficient (Wildman–Crippen LogP) is 5.40. The minimum Gasteiger partial charge on any atom is -0.445 e. The highest BCUT2D eigenvalue weighted by molar-refractivity contribution is 7.89. The summed E-state index contributed by atoms with van der Waals surface area (Å²) in [5, 5.41) is 0. The number of carbonyl (C=O) groups is 1. The molecule has 3 aromatic carbocycles. The number of likely N-dealkylation sites (tertiary alicyclic amines) is 1. The van der Waals surface area contributed by atoms with Crippen molar-refractivity contribution in [3.63, 3.8) is 0 Å². The average molecular weight is 608 g/mol. The van der Waals surface area contributed by atoms with E-state index < -0.39 is 15.4 Å². The van der Waals surface area contributed by atoms with Crippen molar-refractivity contribution in [2.45, 2.75) is 49.1 Å². The van der Waals surface area contributed by atoms with E-state index in [0.717, 1.165) is 50.0 Å². The first-order valence-electron chi connectivity index (χ1n) is 15.0. The van der Waals surface area contributed by atoms with Crippen molar-refractivity contribution in [3.05, 3.63) is 102 Å². The number of hydrogen-bond donors (Lipinski definition) is 0. The van der Waals surface area contributed by atoms with E-state index in [-0.39, 0.29) is 30.2 Å². The second-order valence-corrected chi connectivity index (χ2v) is 13.3. The fourth-order valence-electron chi connectivity index (χ4n) is 6.03. The average Bonchev–Trinajstić information content (AvgIpc) is 3.05. The highest BCUT2D eigenvalue weighted by Gasteiger charge is 2.38. The Balaban J connectivity index is 1.41. The molecule has 3 aromatic rings. The van der Waals surface area contributed by atoms with Crippen molar-refractivity contribution in [1.82, 2.24) is 14.1 Å². The molecular formula is C34H45N3O5S. The molecule has 0 aromatic heterocycles. The number of sulfonamides is 1. The summed E-state index contributed by atoms with van der Waals surface area (Å²) in [5.74, 6) is 0. The normalized spacial score (nSPS) is 16.1.